The number of carbonyl (C=O) groups excluding carboxylic acids is 1. The molecule has 0 saturated carbocycles. The number of carbonyl (C=O) groups is 1. The smallest absolute Gasteiger partial charge is 0.162 e. The number of rotatable bonds is 12. The van der Waals surface area contributed by atoms with Crippen LogP contribution < -0.4 is 0 Å². The molecule has 1 aromatic carbocycles. The molecule has 1 unspecified atom stereocenters. The molecule has 1 aliphatic rings. The molecule has 0 N–H and O–H groups in total. The number of aromatic nitrogens is 2. The van der Waals surface area contributed by atoms with Gasteiger partial charge in [-0.15, -0.1) is 0 Å². The van der Waals surface area contributed by atoms with E-state index in [4.69, 9.17) is 0 Å². The number of aliphatic imine (C=N–C) groups is 1. The van der Waals surface area contributed by atoms with Crippen molar-refractivity contribution in [3.05, 3.63) is 88.4 Å². The first kappa shape index (κ1) is 45.7. The van der Waals surface area contributed by atoms with Crippen LogP contribution in [0.3, 0.4) is 0 Å². The van der Waals surface area contributed by atoms with E-state index in [9.17, 15) is 17.6 Å². The van der Waals surface area contributed by atoms with Crippen molar-refractivity contribution < 1.29 is 17.6 Å². The van der Waals surface area contributed by atoms with Gasteiger partial charge in [0.05, 0.1) is 22.8 Å². The number of allylic oxidation sites excluding steroid dienone is 4. The van der Waals surface area contributed by atoms with Crippen molar-refractivity contribution in [2.75, 3.05) is 11.5 Å². The molecule has 0 aliphatic carbocycles. The van der Waals surface area contributed by atoms with Gasteiger partial charge in [-0.2, -0.15) is 0 Å². The van der Waals surface area contributed by atoms with E-state index >= 15 is 0 Å². The van der Waals surface area contributed by atoms with E-state index in [1.165, 1.54) is 44.2 Å². The molecule has 0 radical (unpaired) electrons. The molecule has 8 heteroatoms. The van der Waals surface area contributed by atoms with E-state index in [1.54, 1.807) is 12.1 Å². The second kappa shape index (κ2) is 24.0. The standard InChI is InChI=1S/C19H22FNO.C8H18.C7H10N2.C7H14O2S/c1-7-15(8-2)19(21-6)10-13(4)16-11-18(20)17(14(5)22)9-12(16)3;1-4-6-8(3)7-5-2;1-3-7-4-8-6(2)9-5-7;1-6(2)7-3-4-10(8,9)5-7/h7,9-11H,1,6,8H2,2-5H3;8H,4-7H2,1-3H3;4-5H,3H2,1-2H3;6-7H,3-5H2,1-2H3/b13-10+,19-15-;;;. The quantitative estimate of drug-likeness (QED) is 0.125. The number of hydrogen-bond donors (Lipinski definition) is 0. The van der Waals surface area contributed by atoms with Gasteiger partial charge in [-0.1, -0.05) is 86.8 Å². The first-order valence-corrected chi connectivity index (χ1v) is 19.6. The van der Waals surface area contributed by atoms with Crippen LogP contribution in [-0.2, 0) is 16.3 Å². The van der Waals surface area contributed by atoms with E-state index in [-0.39, 0.29) is 11.3 Å². The van der Waals surface area contributed by atoms with Crippen molar-refractivity contribution in [3.8, 4) is 0 Å². The summed E-state index contributed by atoms with van der Waals surface area (Å²) >= 11 is 0. The summed E-state index contributed by atoms with van der Waals surface area (Å²) in [5, 5.41) is 0. The Balaban J connectivity index is 0.000000704. The minimum Gasteiger partial charge on any atom is -0.294 e. The molecule has 0 amide bonds. The number of hydrogen-bond acceptors (Lipinski definition) is 6. The molecule has 2 heterocycles. The van der Waals surface area contributed by atoms with Crippen molar-refractivity contribution >= 4 is 27.9 Å². The van der Waals surface area contributed by atoms with Crippen LogP contribution in [0.2, 0.25) is 0 Å². The summed E-state index contributed by atoms with van der Waals surface area (Å²) in [5.41, 5.74) is 5.48. The lowest BCUT2D eigenvalue weighted by atomic mass is 9.96. The Morgan fingerprint density at radius 1 is 1.02 bits per heavy atom. The van der Waals surface area contributed by atoms with Crippen LogP contribution in [0.15, 0.2) is 59.5 Å². The zero-order valence-corrected chi connectivity index (χ0v) is 33.1. The molecule has 49 heavy (non-hydrogen) atoms. The Labute approximate surface area is 298 Å². The molecule has 1 atom stereocenters. The van der Waals surface area contributed by atoms with Crippen LogP contribution in [0, 0.1) is 37.4 Å². The van der Waals surface area contributed by atoms with Gasteiger partial charge in [-0.05, 0) is 117 Å². The predicted octanol–water partition coefficient (Wildman–Crippen LogP) is 10.9. The summed E-state index contributed by atoms with van der Waals surface area (Å²) in [6, 6.07) is 2.99. The molecule has 1 aromatic heterocycles. The van der Waals surface area contributed by atoms with Crippen LogP contribution in [0.25, 0.3) is 5.57 Å². The largest absolute Gasteiger partial charge is 0.294 e. The van der Waals surface area contributed by atoms with Gasteiger partial charge in [0.15, 0.2) is 15.6 Å². The lowest BCUT2D eigenvalue weighted by Gasteiger charge is -2.10. The Hall–Kier alpha value is -3.26. The molecule has 0 bridgehead atoms. The zero-order valence-electron chi connectivity index (χ0n) is 32.3. The van der Waals surface area contributed by atoms with E-state index in [2.05, 4.69) is 69.8 Å². The fraction of sp³-hybridized carbons (Fsp3) is 0.561. The monoisotopic (exact) mass is 697 g/mol. The molecule has 2 aromatic rings. The minimum atomic E-state index is -2.64. The zero-order chi connectivity index (χ0) is 37.7. The summed E-state index contributed by atoms with van der Waals surface area (Å²) in [6.07, 6.45) is 15.5. The summed E-state index contributed by atoms with van der Waals surface area (Å²) in [4.78, 5) is 23.5. The fourth-order valence-electron chi connectivity index (χ4n) is 5.41. The van der Waals surface area contributed by atoms with E-state index in [0.717, 1.165) is 59.0 Å². The second-order valence-corrected chi connectivity index (χ2v) is 15.5. The highest BCUT2D eigenvalue weighted by Crippen LogP contribution is 2.26. The van der Waals surface area contributed by atoms with E-state index < -0.39 is 15.7 Å². The number of aryl methyl sites for hydroxylation is 3. The molecule has 3 rings (SSSR count). The van der Waals surface area contributed by atoms with Gasteiger partial charge in [-0.3, -0.25) is 9.79 Å². The number of benzene rings is 1. The van der Waals surface area contributed by atoms with E-state index in [1.807, 2.05) is 46.2 Å². The van der Waals surface area contributed by atoms with Gasteiger partial charge in [0.2, 0.25) is 0 Å². The lowest BCUT2D eigenvalue weighted by Crippen LogP contribution is -2.10. The van der Waals surface area contributed by atoms with E-state index in [0.29, 0.717) is 23.3 Å². The average molecular weight is 698 g/mol. The maximum Gasteiger partial charge on any atom is 0.162 e. The lowest BCUT2D eigenvalue weighted by molar-refractivity contribution is 0.101. The number of Topliss-reactive ketones (excluding diaryl/α,β-unsaturated/α-hetero) is 1. The summed E-state index contributed by atoms with van der Waals surface area (Å²) in [6.45, 7) is 29.5. The van der Waals surface area contributed by atoms with Crippen LogP contribution in [0.1, 0.15) is 134 Å². The van der Waals surface area contributed by atoms with Crippen LogP contribution >= 0.6 is 0 Å². The van der Waals surface area contributed by atoms with Gasteiger partial charge in [0, 0.05) is 12.4 Å². The maximum absolute atomic E-state index is 14.0. The predicted molar refractivity (Wildman–Crippen MR) is 209 cm³/mol. The molecule has 0 spiro atoms. The van der Waals surface area contributed by atoms with Gasteiger partial charge in [-0.25, -0.2) is 22.8 Å². The van der Waals surface area contributed by atoms with Crippen LogP contribution in [-0.4, -0.2) is 42.4 Å². The van der Waals surface area contributed by atoms with Crippen molar-refractivity contribution in [2.45, 2.75) is 121 Å². The molecule has 1 fully saturated rings. The highest BCUT2D eigenvalue weighted by atomic mass is 32.2. The SMILES string of the molecule is C=C/C(CC)=C(\C=C(/C)c1cc(F)c(C(C)=O)cc1C)N=C.CC(C)C1CCS(=O)(=O)C1.CCCC(C)CCC.CCc1cnc(C)nc1. The fourth-order valence-corrected chi connectivity index (χ4v) is 7.44. The van der Waals surface area contributed by atoms with Crippen LogP contribution in [0.5, 0.6) is 0 Å². The molecule has 6 nitrogen and oxygen atoms in total. The first-order chi connectivity index (χ1) is 23.0. The van der Waals surface area contributed by atoms with Gasteiger partial charge >= 0.3 is 0 Å². The third kappa shape index (κ3) is 17.8. The topological polar surface area (TPSA) is 89.4 Å². The molecule has 274 valence electrons. The second-order valence-electron chi connectivity index (χ2n) is 13.2. The third-order valence-electron chi connectivity index (χ3n) is 8.61. The third-order valence-corrected chi connectivity index (χ3v) is 10.4. The average Bonchev–Trinajstić information content (AvgIpc) is 3.43. The van der Waals surface area contributed by atoms with Gasteiger partial charge < -0.3 is 0 Å². The number of ketones is 1. The molecule has 1 aliphatic heterocycles. The Kier molecular flexibility index (Phi) is 22.4. The summed E-state index contributed by atoms with van der Waals surface area (Å²) in [5.74, 6) is 2.81. The minimum absolute atomic E-state index is 0.118. The van der Waals surface area contributed by atoms with Crippen LogP contribution in [0.4, 0.5) is 4.39 Å². The first-order valence-electron chi connectivity index (χ1n) is 17.8. The summed E-state index contributed by atoms with van der Waals surface area (Å²) in [7, 11) is -2.64. The molecular weight excluding hydrogens is 634 g/mol. The molecule has 1 saturated heterocycles. The van der Waals surface area contributed by atoms with Crippen molar-refractivity contribution in [3.63, 3.8) is 0 Å². The number of halogens is 1. The van der Waals surface area contributed by atoms with Gasteiger partial charge in [0.25, 0.3) is 0 Å². The number of nitrogens with zero attached hydrogens (tertiary/aromatic N) is 3. The highest BCUT2D eigenvalue weighted by molar-refractivity contribution is 7.91. The van der Waals surface area contributed by atoms with Crippen molar-refractivity contribution in [2.24, 2.45) is 22.7 Å². The van der Waals surface area contributed by atoms with Crippen molar-refractivity contribution in [1.29, 1.82) is 0 Å². The molecular formula is C41H64FN3O3S. The summed E-state index contributed by atoms with van der Waals surface area (Å²) < 4.78 is 35.9. The van der Waals surface area contributed by atoms with Crippen molar-refractivity contribution in [1.82, 2.24) is 9.97 Å². The highest BCUT2D eigenvalue weighted by Gasteiger charge is 2.29. The maximum atomic E-state index is 14.0. The van der Waals surface area contributed by atoms with Gasteiger partial charge in [0.1, 0.15) is 11.6 Å². The number of sulfone groups is 1. The normalized spacial score (nSPS) is 15.6. The Morgan fingerprint density at radius 2 is 1.59 bits per heavy atom. The Bertz CT molecular complexity index is 1490. The Morgan fingerprint density at radius 3 is 1.96 bits per heavy atom.